The predicted molar refractivity (Wildman–Crippen MR) is 76.1 cm³/mol. The largest absolute Gasteiger partial charge is 0.481 e. The van der Waals surface area contributed by atoms with Crippen molar-refractivity contribution in [1.82, 2.24) is 0 Å². The smallest absolute Gasteiger partial charge is 0.303 e. The van der Waals surface area contributed by atoms with E-state index in [1.165, 1.54) is 51.4 Å². The number of hydrogen-bond acceptors (Lipinski definition) is 2. The molecule has 0 aromatic heterocycles. The van der Waals surface area contributed by atoms with E-state index in [-0.39, 0.29) is 0 Å². The summed E-state index contributed by atoms with van der Waals surface area (Å²) in [6, 6.07) is 2.32. The van der Waals surface area contributed by atoms with Crippen molar-refractivity contribution in [3.05, 3.63) is 0 Å². The van der Waals surface area contributed by atoms with E-state index >= 15 is 0 Å². The first-order valence-corrected chi connectivity index (χ1v) is 8.66. The third kappa shape index (κ3) is 1.33. The monoisotopic (exact) mass is 285 g/mol. The first-order valence-electron chi connectivity index (χ1n) is 8.66. The molecule has 21 heavy (non-hydrogen) atoms. The number of carbonyl (C=O) groups is 1. The van der Waals surface area contributed by atoms with Gasteiger partial charge in [-0.1, -0.05) is 0 Å². The normalized spacial score (nSPS) is 40.1. The Hall–Kier alpha value is -1.04. The lowest BCUT2D eigenvalue weighted by molar-refractivity contribution is -0.137. The molecule has 3 nitrogen and oxygen atoms in total. The fourth-order valence-corrected chi connectivity index (χ4v) is 6.65. The van der Waals surface area contributed by atoms with Crippen molar-refractivity contribution in [3.63, 3.8) is 0 Å². The van der Waals surface area contributed by atoms with Crippen LogP contribution in [-0.2, 0) is 4.79 Å². The number of carboxylic acid groups (broad SMARTS) is 1. The summed E-state index contributed by atoms with van der Waals surface area (Å²) in [4.78, 5) is 10.5. The van der Waals surface area contributed by atoms with Crippen molar-refractivity contribution < 1.29 is 9.90 Å². The van der Waals surface area contributed by atoms with Gasteiger partial charge in [0, 0.05) is 12.8 Å². The highest BCUT2D eigenvalue weighted by atomic mass is 16.4. The fraction of sp³-hybridized carbons (Fsp3) is 0.889. The molecule has 0 amide bonds. The molecular formula is C18H23NO2. The molecule has 0 aliphatic heterocycles. The van der Waals surface area contributed by atoms with Crippen LogP contribution in [0, 0.1) is 44.8 Å². The summed E-state index contributed by atoms with van der Waals surface area (Å²) < 4.78 is 0. The van der Waals surface area contributed by atoms with Crippen LogP contribution in [0.3, 0.4) is 0 Å². The number of fused-ring (bicyclic) bond motifs is 2. The second-order valence-corrected chi connectivity index (χ2v) is 8.69. The van der Waals surface area contributed by atoms with Crippen LogP contribution in [0.2, 0.25) is 0 Å². The van der Waals surface area contributed by atoms with E-state index in [1.807, 2.05) is 0 Å². The molecule has 4 spiro atoms. The molecule has 0 atom stereocenters. The van der Waals surface area contributed by atoms with E-state index in [0.29, 0.717) is 23.2 Å². The number of rotatable bonds is 3. The number of aliphatic carboxylic acids is 1. The van der Waals surface area contributed by atoms with Crippen molar-refractivity contribution in [2.24, 2.45) is 33.5 Å². The fourth-order valence-electron chi connectivity index (χ4n) is 6.65. The van der Waals surface area contributed by atoms with E-state index in [2.05, 4.69) is 6.07 Å². The molecule has 6 rings (SSSR count). The van der Waals surface area contributed by atoms with Gasteiger partial charge >= 0.3 is 5.97 Å². The number of carboxylic acids is 1. The Morgan fingerprint density at radius 1 is 0.905 bits per heavy atom. The third-order valence-corrected chi connectivity index (χ3v) is 8.31. The molecule has 0 aromatic rings. The average molecular weight is 285 g/mol. The summed E-state index contributed by atoms with van der Waals surface area (Å²) in [7, 11) is 0. The van der Waals surface area contributed by atoms with Crippen molar-refractivity contribution in [2.45, 2.75) is 64.2 Å². The summed E-state index contributed by atoms with van der Waals surface area (Å²) in [6.45, 7) is 0. The topological polar surface area (TPSA) is 61.1 Å². The lowest BCUT2D eigenvalue weighted by Crippen LogP contribution is -1.97. The van der Waals surface area contributed by atoms with Gasteiger partial charge in [-0.05, 0) is 84.9 Å². The van der Waals surface area contributed by atoms with Crippen LogP contribution < -0.4 is 0 Å². The SMILES string of the molecule is N#CCC1C2(CC2)C12CC2.O=C(O)CC1C2(CC2)C12CC2. The van der Waals surface area contributed by atoms with Crippen LogP contribution >= 0.6 is 0 Å². The van der Waals surface area contributed by atoms with Crippen LogP contribution in [-0.4, -0.2) is 11.1 Å². The molecule has 6 aliphatic carbocycles. The minimum absolute atomic E-state index is 0.444. The Morgan fingerprint density at radius 2 is 1.29 bits per heavy atom. The van der Waals surface area contributed by atoms with E-state index in [9.17, 15) is 4.79 Å². The molecule has 6 fully saturated rings. The van der Waals surface area contributed by atoms with E-state index < -0.39 is 5.97 Å². The van der Waals surface area contributed by atoms with Gasteiger partial charge in [0.15, 0.2) is 0 Å². The highest BCUT2D eigenvalue weighted by Gasteiger charge is 2.86. The maximum Gasteiger partial charge on any atom is 0.303 e. The Morgan fingerprint density at radius 3 is 1.57 bits per heavy atom. The van der Waals surface area contributed by atoms with E-state index in [0.717, 1.165) is 23.2 Å². The lowest BCUT2D eigenvalue weighted by atomic mass is 10.2. The van der Waals surface area contributed by atoms with Crippen molar-refractivity contribution in [3.8, 4) is 6.07 Å². The molecule has 0 heterocycles. The molecule has 6 saturated carbocycles. The third-order valence-electron chi connectivity index (χ3n) is 8.31. The van der Waals surface area contributed by atoms with E-state index in [4.69, 9.17) is 10.4 Å². The summed E-state index contributed by atoms with van der Waals surface area (Å²) in [5.41, 5.74) is 2.66. The van der Waals surface area contributed by atoms with Gasteiger partial charge in [-0.2, -0.15) is 5.26 Å². The van der Waals surface area contributed by atoms with Gasteiger partial charge in [0.2, 0.25) is 0 Å². The van der Waals surface area contributed by atoms with Crippen LogP contribution in [0.15, 0.2) is 0 Å². The maximum absolute atomic E-state index is 10.5. The van der Waals surface area contributed by atoms with Crippen LogP contribution in [0.25, 0.3) is 0 Å². The molecule has 6 aliphatic rings. The molecular weight excluding hydrogens is 262 g/mol. The van der Waals surface area contributed by atoms with Crippen LogP contribution in [0.5, 0.6) is 0 Å². The zero-order chi connectivity index (χ0) is 14.5. The number of hydrogen-bond donors (Lipinski definition) is 1. The molecule has 0 aromatic carbocycles. The molecule has 3 heteroatoms. The summed E-state index contributed by atoms with van der Waals surface area (Å²) in [5, 5.41) is 17.2. The predicted octanol–water partition coefficient (Wildman–Crippen LogP) is 3.74. The molecule has 112 valence electrons. The molecule has 0 unspecified atom stereocenters. The summed E-state index contributed by atoms with van der Waals surface area (Å²) >= 11 is 0. The van der Waals surface area contributed by atoms with Crippen molar-refractivity contribution in [2.75, 3.05) is 0 Å². The molecule has 0 radical (unpaired) electrons. The quantitative estimate of drug-likeness (QED) is 0.859. The first kappa shape index (κ1) is 12.5. The van der Waals surface area contributed by atoms with E-state index in [1.54, 1.807) is 0 Å². The van der Waals surface area contributed by atoms with Gasteiger partial charge in [0.1, 0.15) is 0 Å². The van der Waals surface area contributed by atoms with Gasteiger partial charge in [0.05, 0.1) is 6.07 Å². The maximum atomic E-state index is 10.5. The van der Waals surface area contributed by atoms with Gasteiger partial charge in [-0.15, -0.1) is 0 Å². The van der Waals surface area contributed by atoms with Crippen LogP contribution in [0.1, 0.15) is 64.2 Å². The van der Waals surface area contributed by atoms with Gasteiger partial charge in [-0.25, -0.2) is 0 Å². The minimum atomic E-state index is -0.593. The second-order valence-electron chi connectivity index (χ2n) is 8.69. The minimum Gasteiger partial charge on any atom is -0.481 e. The number of nitrogens with zero attached hydrogens (tertiary/aromatic N) is 1. The standard InChI is InChI=1S/C9H11N.C9H12O2/c10-6-1-7-8(2-3-8)9(7)4-5-9;10-7(11)5-6-8(1-2-8)9(6)3-4-9/h7H,1-5H2;6H,1-5H2,(H,10,11). The highest BCUT2D eigenvalue weighted by Crippen LogP contribution is 2.93. The summed E-state index contributed by atoms with van der Waals surface area (Å²) in [6.07, 6.45) is 12.4. The Balaban J connectivity index is 0.0000000996. The average Bonchev–Trinajstić information content (AvgIpc) is 3.27. The Bertz CT molecular complexity index is 535. The van der Waals surface area contributed by atoms with Crippen LogP contribution in [0.4, 0.5) is 0 Å². The van der Waals surface area contributed by atoms with Crippen molar-refractivity contribution >= 4 is 5.97 Å². The van der Waals surface area contributed by atoms with Crippen molar-refractivity contribution in [1.29, 1.82) is 5.26 Å². The zero-order valence-corrected chi connectivity index (χ0v) is 12.5. The number of nitriles is 1. The Labute approximate surface area is 125 Å². The van der Waals surface area contributed by atoms with Gasteiger partial charge in [0.25, 0.3) is 0 Å². The zero-order valence-electron chi connectivity index (χ0n) is 12.5. The molecule has 1 N–H and O–H groups in total. The second kappa shape index (κ2) is 3.31. The van der Waals surface area contributed by atoms with Gasteiger partial charge in [-0.3, -0.25) is 4.79 Å². The molecule has 0 saturated heterocycles. The highest BCUT2D eigenvalue weighted by molar-refractivity contribution is 5.69. The lowest BCUT2D eigenvalue weighted by Gasteiger charge is -1.88. The first-order chi connectivity index (χ1) is 10.1. The summed E-state index contributed by atoms with van der Waals surface area (Å²) in [5.74, 6) is 0.822. The van der Waals surface area contributed by atoms with Gasteiger partial charge < -0.3 is 5.11 Å². The molecule has 0 bridgehead atoms. The Kier molecular flexibility index (Phi) is 1.97.